The topological polar surface area (TPSA) is 75.3 Å². The molecule has 1 aromatic carbocycles. The number of nitrogens with two attached hydrogens (primary N) is 1. The Morgan fingerprint density at radius 2 is 1.95 bits per heavy atom. The average molecular weight is 301 g/mol. The Bertz CT molecular complexity index is 410. The number of rotatable bonds is 6. The molecule has 1 amide bonds. The summed E-state index contributed by atoms with van der Waals surface area (Å²) in [5.74, 6) is -0.123. The lowest BCUT2D eigenvalue weighted by atomic mass is 9.92. The third kappa shape index (κ3) is 4.78. The number of carbonyl (C=O) groups excluding carboxylic acids is 1. The lowest BCUT2D eigenvalue weighted by molar-refractivity contribution is -0.126. The van der Waals surface area contributed by atoms with Crippen molar-refractivity contribution in [1.29, 1.82) is 0 Å². The Morgan fingerprint density at radius 3 is 2.45 bits per heavy atom. The highest BCUT2D eigenvalue weighted by atomic mass is 35.5. The van der Waals surface area contributed by atoms with Gasteiger partial charge in [-0.05, 0) is 18.4 Å². The van der Waals surface area contributed by atoms with E-state index in [-0.39, 0.29) is 30.8 Å². The van der Waals surface area contributed by atoms with Crippen molar-refractivity contribution in [3.8, 4) is 0 Å². The molecule has 0 heterocycles. The van der Waals surface area contributed by atoms with E-state index in [1.54, 1.807) is 6.92 Å². The van der Waals surface area contributed by atoms with Gasteiger partial charge in [0, 0.05) is 6.54 Å². The van der Waals surface area contributed by atoms with E-state index in [0.717, 1.165) is 12.0 Å². The highest BCUT2D eigenvalue weighted by molar-refractivity contribution is 5.87. The van der Waals surface area contributed by atoms with E-state index in [0.29, 0.717) is 0 Å². The summed E-state index contributed by atoms with van der Waals surface area (Å²) in [5.41, 5.74) is 5.75. The fourth-order valence-electron chi connectivity index (χ4n) is 1.77. The van der Waals surface area contributed by atoms with Crippen LogP contribution in [0.1, 0.15) is 32.8 Å². The minimum atomic E-state index is -1.09. The van der Waals surface area contributed by atoms with Gasteiger partial charge in [-0.25, -0.2) is 0 Å². The first-order valence-electron chi connectivity index (χ1n) is 6.70. The quantitative estimate of drug-likeness (QED) is 0.750. The zero-order valence-electron chi connectivity index (χ0n) is 12.3. The molecule has 3 unspecified atom stereocenters. The number of halogens is 1. The van der Waals surface area contributed by atoms with Gasteiger partial charge in [0.1, 0.15) is 5.54 Å². The number of hydrogen-bond acceptors (Lipinski definition) is 3. The van der Waals surface area contributed by atoms with Crippen LogP contribution in [0.4, 0.5) is 0 Å². The van der Waals surface area contributed by atoms with Crippen LogP contribution in [0.15, 0.2) is 30.3 Å². The molecule has 0 bridgehead atoms. The van der Waals surface area contributed by atoms with Crippen LogP contribution in [0.3, 0.4) is 0 Å². The summed E-state index contributed by atoms with van der Waals surface area (Å²) in [4.78, 5) is 12.1. The van der Waals surface area contributed by atoms with Crippen molar-refractivity contribution in [2.24, 2.45) is 11.7 Å². The first-order valence-corrected chi connectivity index (χ1v) is 6.70. The van der Waals surface area contributed by atoms with Crippen LogP contribution < -0.4 is 11.1 Å². The summed E-state index contributed by atoms with van der Waals surface area (Å²) in [5, 5.41) is 12.6. The number of aliphatic hydroxyl groups is 1. The van der Waals surface area contributed by atoms with Crippen LogP contribution in [0, 0.1) is 5.92 Å². The van der Waals surface area contributed by atoms with E-state index in [1.165, 1.54) is 0 Å². The minimum absolute atomic E-state index is 0. The summed E-state index contributed by atoms with van der Waals surface area (Å²) in [6, 6.07) is 9.23. The normalized spacial score (nSPS) is 16.4. The molecule has 114 valence electrons. The Hall–Kier alpha value is -1.10. The van der Waals surface area contributed by atoms with Crippen LogP contribution in [-0.4, -0.2) is 23.7 Å². The van der Waals surface area contributed by atoms with Gasteiger partial charge < -0.3 is 16.2 Å². The lowest BCUT2D eigenvalue weighted by Gasteiger charge is -2.26. The third-order valence-electron chi connectivity index (χ3n) is 3.62. The summed E-state index contributed by atoms with van der Waals surface area (Å²) in [6.45, 7) is 5.86. The molecule has 0 spiro atoms. The maximum Gasteiger partial charge on any atom is 0.244 e. The van der Waals surface area contributed by atoms with E-state index in [9.17, 15) is 9.90 Å². The molecular weight excluding hydrogens is 276 g/mol. The smallest absolute Gasteiger partial charge is 0.244 e. The van der Waals surface area contributed by atoms with E-state index in [4.69, 9.17) is 5.73 Å². The van der Waals surface area contributed by atoms with Gasteiger partial charge in [-0.2, -0.15) is 0 Å². The van der Waals surface area contributed by atoms with Crippen LogP contribution in [-0.2, 0) is 10.3 Å². The molecule has 5 heteroatoms. The maximum absolute atomic E-state index is 12.1. The van der Waals surface area contributed by atoms with Crippen LogP contribution >= 0.6 is 12.4 Å². The molecule has 0 radical (unpaired) electrons. The van der Waals surface area contributed by atoms with Crippen LogP contribution in [0.2, 0.25) is 0 Å². The van der Waals surface area contributed by atoms with E-state index in [2.05, 4.69) is 5.32 Å². The third-order valence-corrected chi connectivity index (χ3v) is 3.62. The van der Waals surface area contributed by atoms with Crippen LogP contribution in [0.5, 0.6) is 0 Å². The average Bonchev–Trinajstić information content (AvgIpc) is 2.44. The van der Waals surface area contributed by atoms with Gasteiger partial charge in [-0.1, -0.05) is 50.6 Å². The number of amides is 1. The molecule has 0 saturated heterocycles. The molecule has 0 fully saturated rings. The first kappa shape index (κ1) is 18.9. The van der Waals surface area contributed by atoms with E-state index < -0.39 is 11.6 Å². The predicted octanol–water partition coefficient (Wildman–Crippen LogP) is 1.81. The largest absolute Gasteiger partial charge is 0.391 e. The molecule has 4 nitrogen and oxygen atoms in total. The maximum atomic E-state index is 12.1. The van der Waals surface area contributed by atoms with Crippen molar-refractivity contribution in [2.75, 3.05) is 6.54 Å². The second-order valence-corrected chi connectivity index (χ2v) is 5.23. The highest BCUT2D eigenvalue weighted by Crippen LogP contribution is 2.17. The minimum Gasteiger partial charge on any atom is -0.391 e. The molecule has 4 N–H and O–H groups in total. The molecule has 0 saturated carbocycles. The zero-order valence-corrected chi connectivity index (χ0v) is 13.1. The number of carbonyl (C=O) groups is 1. The Morgan fingerprint density at radius 1 is 1.40 bits per heavy atom. The number of benzene rings is 1. The van der Waals surface area contributed by atoms with E-state index in [1.807, 2.05) is 44.2 Å². The second-order valence-electron chi connectivity index (χ2n) is 5.23. The zero-order chi connectivity index (χ0) is 14.5. The Kier molecular flexibility index (Phi) is 7.79. The highest BCUT2D eigenvalue weighted by Gasteiger charge is 2.30. The molecule has 1 aromatic rings. The number of hydrogen-bond donors (Lipinski definition) is 3. The molecule has 1 rings (SSSR count). The summed E-state index contributed by atoms with van der Waals surface area (Å²) in [6.07, 6.45) is 0.329. The van der Waals surface area contributed by atoms with Gasteiger partial charge in [0.25, 0.3) is 0 Å². The van der Waals surface area contributed by atoms with Crippen molar-refractivity contribution in [2.45, 2.75) is 38.8 Å². The van der Waals surface area contributed by atoms with Crippen molar-refractivity contribution < 1.29 is 9.90 Å². The summed E-state index contributed by atoms with van der Waals surface area (Å²) < 4.78 is 0. The van der Waals surface area contributed by atoms with Gasteiger partial charge in [0.05, 0.1) is 6.10 Å². The number of aliphatic hydroxyl groups excluding tert-OH is 1. The molecule has 20 heavy (non-hydrogen) atoms. The fraction of sp³-hybridized carbons (Fsp3) is 0.533. The van der Waals surface area contributed by atoms with Crippen molar-refractivity contribution in [3.05, 3.63) is 35.9 Å². The van der Waals surface area contributed by atoms with Gasteiger partial charge in [0.2, 0.25) is 5.91 Å². The summed E-state index contributed by atoms with van der Waals surface area (Å²) in [7, 11) is 0. The fourth-order valence-corrected chi connectivity index (χ4v) is 1.77. The SMILES string of the molecule is CCC(C)C(O)CNC(=O)C(C)(N)c1ccccc1.Cl. The van der Waals surface area contributed by atoms with E-state index >= 15 is 0 Å². The van der Waals surface area contributed by atoms with Crippen LogP contribution in [0.25, 0.3) is 0 Å². The monoisotopic (exact) mass is 300 g/mol. The molecular formula is C15H25ClN2O2. The Labute approximate surface area is 127 Å². The van der Waals surface area contributed by atoms with Gasteiger partial charge in [-0.3, -0.25) is 4.79 Å². The van der Waals surface area contributed by atoms with Gasteiger partial charge in [0.15, 0.2) is 0 Å². The second kappa shape index (κ2) is 8.25. The van der Waals surface area contributed by atoms with Crippen molar-refractivity contribution in [1.82, 2.24) is 5.32 Å². The summed E-state index contributed by atoms with van der Waals surface area (Å²) >= 11 is 0. The lowest BCUT2D eigenvalue weighted by Crippen LogP contribution is -2.51. The van der Waals surface area contributed by atoms with Gasteiger partial charge in [-0.15, -0.1) is 12.4 Å². The van der Waals surface area contributed by atoms with Crippen molar-refractivity contribution in [3.63, 3.8) is 0 Å². The predicted molar refractivity (Wildman–Crippen MR) is 83.7 cm³/mol. The molecule has 3 atom stereocenters. The molecule has 0 aliphatic carbocycles. The van der Waals surface area contributed by atoms with Gasteiger partial charge >= 0.3 is 0 Å². The number of nitrogens with one attached hydrogen (secondary N) is 1. The van der Waals surface area contributed by atoms with Crippen molar-refractivity contribution >= 4 is 18.3 Å². The standard InChI is InChI=1S/C15H24N2O2.ClH/c1-4-11(2)13(18)10-17-14(19)15(3,16)12-8-6-5-7-9-12;/h5-9,11,13,18H,4,10,16H2,1-3H3,(H,17,19);1H. The first-order chi connectivity index (χ1) is 8.89. The molecule has 0 aliphatic rings. The molecule has 0 aromatic heterocycles. The Balaban J connectivity index is 0.00000361. The molecule has 0 aliphatic heterocycles.